The van der Waals surface area contributed by atoms with Gasteiger partial charge in [0.2, 0.25) is 0 Å². The predicted molar refractivity (Wildman–Crippen MR) is 250 cm³/mol. The third kappa shape index (κ3) is 8.28. The molecule has 9 heteroatoms. The second kappa shape index (κ2) is 19.1. The summed E-state index contributed by atoms with van der Waals surface area (Å²) in [5, 5.41) is 29.0. The molecule has 0 aromatic heterocycles. The number of rotatable bonds is 16. The first-order valence-corrected chi connectivity index (χ1v) is 21.6. The van der Waals surface area contributed by atoms with Crippen molar-refractivity contribution in [1.29, 1.82) is 0 Å². The molecule has 4 aromatic rings. The van der Waals surface area contributed by atoms with Gasteiger partial charge in [-0.15, -0.1) is 0 Å². The topological polar surface area (TPSA) is 134 Å². The van der Waals surface area contributed by atoms with E-state index in [2.05, 4.69) is 10.6 Å². The van der Waals surface area contributed by atoms with Crippen LogP contribution in [0.1, 0.15) is 57.5 Å². The number of ether oxygens (including phenoxy) is 2. The third-order valence-corrected chi connectivity index (χ3v) is 12.9. The Morgan fingerprint density at radius 1 is 0.594 bits per heavy atom. The number of benzene rings is 4. The van der Waals surface area contributed by atoms with Gasteiger partial charge in [0.25, 0.3) is 0 Å². The van der Waals surface area contributed by atoms with Crippen LogP contribution >= 0.6 is 0 Å². The van der Waals surface area contributed by atoms with E-state index in [-0.39, 0.29) is 30.2 Å². The molecule has 4 N–H and O–H groups in total. The summed E-state index contributed by atoms with van der Waals surface area (Å²) in [5.74, 6) is -1.12. The van der Waals surface area contributed by atoms with Crippen LogP contribution in [0.2, 0.25) is 0 Å². The number of nitrogens with one attached hydrogen (secondary N) is 2. The highest BCUT2D eigenvalue weighted by molar-refractivity contribution is 6.21. The van der Waals surface area contributed by atoms with Gasteiger partial charge in [-0.3, -0.25) is 14.4 Å². The lowest BCUT2D eigenvalue weighted by Gasteiger charge is -2.50. The summed E-state index contributed by atoms with van der Waals surface area (Å²) in [5.41, 5.74) is 2.67. The van der Waals surface area contributed by atoms with Crippen molar-refractivity contribution < 1.29 is 34.1 Å². The minimum atomic E-state index is -1.58. The first kappa shape index (κ1) is 43.6. The summed E-state index contributed by atoms with van der Waals surface area (Å²) in [4.78, 5) is 47.2. The van der Waals surface area contributed by atoms with Crippen molar-refractivity contribution in [2.75, 3.05) is 27.4 Å². The molecule has 64 heavy (non-hydrogen) atoms. The fourth-order valence-corrected chi connectivity index (χ4v) is 9.77. The van der Waals surface area contributed by atoms with Crippen molar-refractivity contribution in [3.8, 4) is 11.5 Å². The van der Waals surface area contributed by atoms with Gasteiger partial charge in [0, 0.05) is 59.7 Å². The van der Waals surface area contributed by atoms with Crippen molar-refractivity contribution in [3.05, 3.63) is 215 Å². The maximum Gasteiger partial charge on any atom is 0.193 e. The van der Waals surface area contributed by atoms with E-state index in [4.69, 9.17) is 9.47 Å². The standard InChI is InChI=1S/C55H52N2O7/c1-63-43-21-9-17-39(29-43)45-31-49(41-19-11-25-56-35-41)54(23-27-58,33-47(45)51(60)37-13-5-3-6-14-37)53(62)55(24-28-59)34-48(52(61)38-15-7-4-8-16-38)46(40-18-10-22-44(30-40)64-2)32-50(55)42-20-12-26-57-36-42/h3-18,21-22,25-26,29-36,49-50,56-59H,19-20,23-24,27-28H2,1-2H3. The van der Waals surface area contributed by atoms with Crippen molar-refractivity contribution in [1.82, 2.24) is 10.6 Å². The molecule has 4 atom stereocenters. The average molecular weight is 853 g/mol. The number of aliphatic hydroxyl groups is 2. The fourth-order valence-electron chi connectivity index (χ4n) is 9.77. The van der Waals surface area contributed by atoms with Gasteiger partial charge in [-0.1, -0.05) is 121 Å². The summed E-state index contributed by atoms with van der Waals surface area (Å²) in [6.07, 6.45) is 19.8. The monoisotopic (exact) mass is 852 g/mol. The molecule has 324 valence electrons. The van der Waals surface area contributed by atoms with E-state index in [1.807, 2.05) is 110 Å². The van der Waals surface area contributed by atoms with E-state index in [0.29, 0.717) is 57.8 Å². The summed E-state index contributed by atoms with van der Waals surface area (Å²) < 4.78 is 11.3. The first-order valence-electron chi connectivity index (χ1n) is 21.6. The Labute approximate surface area is 374 Å². The predicted octanol–water partition coefficient (Wildman–Crippen LogP) is 9.14. The Morgan fingerprint density at radius 2 is 1.02 bits per heavy atom. The molecule has 0 fully saturated rings. The van der Waals surface area contributed by atoms with Crippen LogP contribution in [-0.2, 0) is 4.79 Å². The second-order valence-corrected chi connectivity index (χ2v) is 16.4. The number of Topliss-reactive ketones (excluding diaryl/α,β-unsaturated/α-hetero) is 3. The second-order valence-electron chi connectivity index (χ2n) is 16.4. The van der Waals surface area contributed by atoms with E-state index in [9.17, 15) is 10.2 Å². The van der Waals surface area contributed by atoms with Crippen molar-refractivity contribution >= 4 is 28.5 Å². The molecular formula is C55H52N2O7. The van der Waals surface area contributed by atoms with Crippen molar-refractivity contribution in [3.63, 3.8) is 0 Å². The van der Waals surface area contributed by atoms with Gasteiger partial charge < -0.3 is 30.3 Å². The number of hydrogen-bond acceptors (Lipinski definition) is 9. The number of carbonyl (C=O) groups is 3. The maximum absolute atomic E-state index is 17.0. The lowest BCUT2D eigenvalue weighted by Crippen LogP contribution is -2.52. The molecular weight excluding hydrogens is 801 g/mol. The average Bonchev–Trinajstić information content (AvgIpc) is 3.36. The third-order valence-electron chi connectivity index (χ3n) is 12.9. The van der Waals surface area contributed by atoms with Gasteiger partial charge >= 0.3 is 0 Å². The lowest BCUT2D eigenvalue weighted by molar-refractivity contribution is -0.139. The van der Waals surface area contributed by atoms with E-state index >= 15 is 14.4 Å². The Bertz CT molecular complexity index is 2500. The highest BCUT2D eigenvalue weighted by Gasteiger charge is 2.58. The number of dihydropyridines is 2. The summed E-state index contributed by atoms with van der Waals surface area (Å²) in [6, 6.07) is 32.9. The van der Waals surface area contributed by atoms with Crippen LogP contribution in [0.15, 0.2) is 193 Å². The number of hydrogen-bond donors (Lipinski definition) is 4. The van der Waals surface area contributed by atoms with Gasteiger partial charge in [-0.2, -0.15) is 0 Å². The van der Waals surface area contributed by atoms with Gasteiger partial charge in [-0.25, -0.2) is 0 Å². The zero-order chi connectivity index (χ0) is 44.7. The Balaban J connectivity index is 1.44. The van der Waals surface area contributed by atoms with Crippen LogP contribution in [-0.4, -0.2) is 55.0 Å². The van der Waals surface area contributed by atoms with Gasteiger partial charge in [-0.05, 0) is 95.8 Å². The number of methoxy groups -OCH3 is 2. The van der Waals surface area contributed by atoms with Crippen molar-refractivity contribution in [2.24, 2.45) is 22.7 Å². The molecule has 0 saturated heterocycles. The molecule has 4 aliphatic rings. The first-order chi connectivity index (χ1) is 31.3. The molecule has 8 rings (SSSR count). The fraction of sp³-hybridized carbons (Fsp3) is 0.218. The molecule has 9 nitrogen and oxygen atoms in total. The van der Waals surface area contributed by atoms with Crippen LogP contribution in [0.3, 0.4) is 0 Å². The van der Waals surface area contributed by atoms with Crippen LogP contribution in [0.5, 0.6) is 11.5 Å². The van der Waals surface area contributed by atoms with Crippen LogP contribution in [0.25, 0.3) is 11.1 Å². The number of carbonyl (C=O) groups excluding carboxylic acids is 3. The SMILES string of the molecule is COc1cccc(C2=CC(C3=CNC=CC3)C(CCO)(C(=O)C3(CCO)C=C(C(=O)c4ccccc4)C(c4cccc(OC)c4)=CC3C3=CNC=CC3)C=C2C(=O)c2ccccc2)c1. The lowest BCUT2D eigenvalue weighted by atomic mass is 9.51. The summed E-state index contributed by atoms with van der Waals surface area (Å²) in [6.45, 7) is -0.802. The normalized spacial score (nSPS) is 22.6. The highest BCUT2D eigenvalue weighted by Crippen LogP contribution is 2.58. The molecule has 4 unspecified atom stereocenters. The minimum Gasteiger partial charge on any atom is -0.497 e. The van der Waals surface area contributed by atoms with E-state index in [0.717, 1.165) is 22.3 Å². The molecule has 0 radical (unpaired) electrons. The summed E-state index contributed by atoms with van der Waals surface area (Å²) in [7, 11) is 3.18. The number of aliphatic hydroxyl groups excluding tert-OH is 2. The zero-order valence-corrected chi connectivity index (χ0v) is 36.0. The molecule has 2 aliphatic carbocycles. The number of ketones is 3. The highest BCUT2D eigenvalue weighted by atomic mass is 16.5. The van der Waals surface area contributed by atoms with Gasteiger partial charge in [0.15, 0.2) is 17.3 Å². The van der Waals surface area contributed by atoms with Gasteiger partial charge in [0.05, 0.1) is 25.0 Å². The Hall–Kier alpha value is -7.07. The largest absolute Gasteiger partial charge is 0.497 e. The van der Waals surface area contributed by atoms with E-state index in [1.54, 1.807) is 74.9 Å². The Kier molecular flexibility index (Phi) is 13.0. The maximum atomic E-state index is 17.0. The molecule has 0 spiro atoms. The van der Waals surface area contributed by atoms with Gasteiger partial charge in [0.1, 0.15) is 11.5 Å². The molecule has 2 heterocycles. The zero-order valence-electron chi connectivity index (χ0n) is 36.0. The quantitative estimate of drug-likeness (QED) is 0.0815. The number of allylic oxidation sites excluding steroid dienone is 12. The Morgan fingerprint density at radius 3 is 1.38 bits per heavy atom. The minimum absolute atomic E-state index is 0.0651. The van der Waals surface area contributed by atoms with Crippen LogP contribution in [0.4, 0.5) is 0 Å². The van der Waals surface area contributed by atoms with E-state index in [1.165, 1.54) is 0 Å². The molecule has 4 aromatic carbocycles. The molecule has 2 aliphatic heterocycles. The van der Waals surface area contributed by atoms with Crippen LogP contribution < -0.4 is 20.1 Å². The molecule has 0 saturated carbocycles. The molecule has 0 bridgehead atoms. The summed E-state index contributed by atoms with van der Waals surface area (Å²) >= 11 is 0. The van der Waals surface area contributed by atoms with E-state index < -0.39 is 35.9 Å². The van der Waals surface area contributed by atoms with Crippen LogP contribution in [0, 0.1) is 22.7 Å². The smallest absolute Gasteiger partial charge is 0.193 e. The molecule has 0 amide bonds. The van der Waals surface area contributed by atoms with Crippen molar-refractivity contribution in [2.45, 2.75) is 25.7 Å².